The molecule has 0 aliphatic heterocycles. The normalized spacial score (nSPS) is 16.2. The summed E-state index contributed by atoms with van der Waals surface area (Å²) in [6.07, 6.45) is 4.43. The lowest BCUT2D eigenvalue weighted by molar-refractivity contribution is 0.0933. The number of carbonyl (C=O) groups excluding carboxylic acids is 1. The monoisotopic (exact) mass is 562 g/mol. The van der Waals surface area contributed by atoms with Gasteiger partial charge >= 0.3 is 0 Å². The molecular formula is C30H31ClN4O3S. The van der Waals surface area contributed by atoms with E-state index in [2.05, 4.69) is 5.32 Å². The maximum atomic E-state index is 13.6. The van der Waals surface area contributed by atoms with Crippen molar-refractivity contribution in [1.82, 2.24) is 15.1 Å². The molecule has 1 aromatic heterocycles. The molecule has 7 nitrogen and oxygen atoms in total. The number of hydrogen-bond donors (Lipinski definition) is 2. The van der Waals surface area contributed by atoms with Gasteiger partial charge in [-0.2, -0.15) is 5.10 Å². The maximum Gasteiger partial charge on any atom is 0.272 e. The summed E-state index contributed by atoms with van der Waals surface area (Å²) >= 11 is 6.13. The van der Waals surface area contributed by atoms with E-state index in [1.165, 1.54) is 12.1 Å². The summed E-state index contributed by atoms with van der Waals surface area (Å²) in [6.45, 7) is 1.96. The van der Waals surface area contributed by atoms with Crippen LogP contribution in [0.5, 0.6) is 0 Å². The third kappa shape index (κ3) is 6.08. The van der Waals surface area contributed by atoms with E-state index < -0.39 is 10.0 Å². The van der Waals surface area contributed by atoms with Crippen molar-refractivity contribution in [2.45, 2.75) is 55.9 Å². The van der Waals surface area contributed by atoms with Crippen LogP contribution in [0.15, 0.2) is 83.8 Å². The van der Waals surface area contributed by atoms with Crippen molar-refractivity contribution in [3.8, 4) is 5.69 Å². The molecule has 0 fully saturated rings. The highest BCUT2D eigenvalue weighted by Crippen LogP contribution is 2.37. The Bertz CT molecular complexity index is 1570. The van der Waals surface area contributed by atoms with Crippen molar-refractivity contribution in [3.63, 3.8) is 0 Å². The van der Waals surface area contributed by atoms with Gasteiger partial charge in [-0.3, -0.25) is 4.79 Å². The van der Waals surface area contributed by atoms with Gasteiger partial charge in [-0.1, -0.05) is 60.5 Å². The number of nitrogens with zero attached hydrogens (tertiary/aromatic N) is 2. The first-order valence-corrected chi connectivity index (χ1v) is 15.0. The van der Waals surface area contributed by atoms with E-state index in [1.54, 1.807) is 12.1 Å². The summed E-state index contributed by atoms with van der Waals surface area (Å²) in [5.74, 6) is -0.114. The number of benzene rings is 3. The Balaban J connectivity index is 1.58. The molecule has 0 bridgehead atoms. The Hall–Kier alpha value is -3.46. The average Bonchev–Trinajstić information content (AvgIpc) is 3.19. The SMILES string of the molecule is C[C@@H](NC(=O)c1nn(-c2ccc(S(N)(=O)=O)cc2)c2c1CCCCC2Cc1ccc(Cl)cc1)c1ccccc1. The number of nitrogens with two attached hydrogens (primary N) is 1. The molecule has 1 amide bonds. The number of carbonyl (C=O) groups is 1. The molecule has 0 radical (unpaired) electrons. The molecule has 1 heterocycles. The molecule has 5 rings (SSSR count). The predicted molar refractivity (Wildman–Crippen MR) is 153 cm³/mol. The van der Waals surface area contributed by atoms with Gasteiger partial charge in [-0.15, -0.1) is 0 Å². The summed E-state index contributed by atoms with van der Waals surface area (Å²) in [6, 6.07) is 23.8. The van der Waals surface area contributed by atoms with E-state index in [0.29, 0.717) is 16.4 Å². The van der Waals surface area contributed by atoms with Crippen LogP contribution in [-0.2, 0) is 22.9 Å². The number of halogens is 1. The molecular weight excluding hydrogens is 532 g/mol. The molecule has 0 saturated heterocycles. The molecule has 3 N–H and O–H groups in total. The van der Waals surface area contributed by atoms with Crippen LogP contribution < -0.4 is 10.5 Å². The smallest absolute Gasteiger partial charge is 0.272 e. The van der Waals surface area contributed by atoms with Crippen LogP contribution in [0.4, 0.5) is 0 Å². The van der Waals surface area contributed by atoms with Crippen LogP contribution in [0, 0.1) is 0 Å². The molecule has 4 aromatic rings. The van der Waals surface area contributed by atoms with Crippen molar-refractivity contribution in [3.05, 3.63) is 112 Å². The van der Waals surface area contributed by atoms with E-state index in [9.17, 15) is 13.2 Å². The van der Waals surface area contributed by atoms with Gasteiger partial charge in [0.2, 0.25) is 10.0 Å². The first-order chi connectivity index (χ1) is 18.7. The van der Waals surface area contributed by atoms with Crippen LogP contribution in [0.2, 0.25) is 5.02 Å². The molecule has 202 valence electrons. The van der Waals surface area contributed by atoms with Crippen molar-refractivity contribution in [2.75, 3.05) is 0 Å². The van der Waals surface area contributed by atoms with Gasteiger partial charge in [0.15, 0.2) is 5.69 Å². The highest BCUT2D eigenvalue weighted by Gasteiger charge is 2.31. The number of amides is 1. The maximum absolute atomic E-state index is 13.6. The number of fused-ring (bicyclic) bond motifs is 1. The Morgan fingerprint density at radius 1 is 1.05 bits per heavy atom. The van der Waals surface area contributed by atoms with Gasteiger partial charge in [0.1, 0.15) is 0 Å². The van der Waals surface area contributed by atoms with E-state index in [4.69, 9.17) is 21.8 Å². The average molecular weight is 563 g/mol. The minimum absolute atomic E-state index is 0.0249. The number of nitrogens with one attached hydrogen (secondary N) is 1. The van der Waals surface area contributed by atoms with Gasteiger partial charge in [0.05, 0.1) is 22.3 Å². The Morgan fingerprint density at radius 3 is 2.41 bits per heavy atom. The fourth-order valence-electron chi connectivity index (χ4n) is 5.31. The highest BCUT2D eigenvalue weighted by molar-refractivity contribution is 7.89. The number of aromatic nitrogens is 2. The second-order valence-electron chi connectivity index (χ2n) is 10.0. The van der Waals surface area contributed by atoms with Crippen LogP contribution >= 0.6 is 11.6 Å². The lowest BCUT2D eigenvalue weighted by Gasteiger charge is -2.19. The zero-order valence-corrected chi connectivity index (χ0v) is 23.3. The standard InChI is InChI=1S/C30H31ClN4O3S/c1-20(22-7-3-2-4-8-22)33-30(36)28-27-10-6-5-9-23(19-21-11-13-24(31)14-12-21)29(27)35(34-28)25-15-17-26(18-16-25)39(32,37)38/h2-4,7-8,11-18,20,23H,5-6,9-10,19H2,1H3,(H,33,36)(H2,32,37,38)/t20-,23?/m1/s1. The zero-order valence-electron chi connectivity index (χ0n) is 21.7. The second-order valence-corrected chi connectivity index (χ2v) is 12.0. The lowest BCUT2D eigenvalue weighted by atomic mass is 9.91. The molecule has 0 spiro atoms. The summed E-state index contributed by atoms with van der Waals surface area (Å²) < 4.78 is 25.5. The molecule has 3 aromatic carbocycles. The van der Waals surface area contributed by atoms with Gasteiger partial charge < -0.3 is 5.32 Å². The molecule has 2 atom stereocenters. The van der Waals surface area contributed by atoms with Gasteiger partial charge in [0, 0.05) is 16.5 Å². The highest BCUT2D eigenvalue weighted by atomic mass is 35.5. The van der Waals surface area contributed by atoms with Crippen molar-refractivity contribution < 1.29 is 13.2 Å². The van der Waals surface area contributed by atoms with Crippen LogP contribution in [-0.4, -0.2) is 24.1 Å². The van der Waals surface area contributed by atoms with E-state index in [0.717, 1.165) is 54.5 Å². The van der Waals surface area contributed by atoms with Crippen molar-refractivity contribution in [2.24, 2.45) is 5.14 Å². The number of rotatable bonds is 7. The van der Waals surface area contributed by atoms with Gasteiger partial charge in [-0.25, -0.2) is 18.2 Å². The molecule has 39 heavy (non-hydrogen) atoms. The first-order valence-electron chi connectivity index (χ1n) is 13.1. The Kier molecular flexibility index (Phi) is 7.88. The van der Waals surface area contributed by atoms with Crippen molar-refractivity contribution in [1.29, 1.82) is 0 Å². The van der Waals surface area contributed by atoms with E-state index in [1.807, 2.05) is 66.2 Å². The van der Waals surface area contributed by atoms with E-state index >= 15 is 0 Å². The molecule has 1 aliphatic carbocycles. The lowest BCUT2D eigenvalue weighted by Crippen LogP contribution is -2.28. The summed E-state index contributed by atoms with van der Waals surface area (Å²) in [5, 5.41) is 14.0. The summed E-state index contributed by atoms with van der Waals surface area (Å²) in [4.78, 5) is 13.7. The topological polar surface area (TPSA) is 107 Å². The molecule has 0 saturated carbocycles. The van der Waals surface area contributed by atoms with E-state index in [-0.39, 0.29) is 22.8 Å². The third-order valence-corrected chi connectivity index (χ3v) is 8.49. The minimum Gasteiger partial charge on any atom is -0.344 e. The summed E-state index contributed by atoms with van der Waals surface area (Å²) in [7, 11) is -3.83. The van der Waals surface area contributed by atoms with Crippen LogP contribution in [0.3, 0.4) is 0 Å². The predicted octanol–water partition coefficient (Wildman–Crippen LogP) is 5.72. The minimum atomic E-state index is -3.83. The number of primary sulfonamides is 1. The fourth-order valence-corrected chi connectivity index (χ4v) is 5.95. The van der Waals surface area contributed by atoms with Gasteiger partial charge in [0.25, 0.3) is 5.91 Å². The molecule has 1 aliphatic rings. The fraction of sp³-hybridized carbons (Fsp3) is 0.267. The van der Waals surface area contributed by atoms with Crippen molar-refractivity contribution >= 4 is 27.5 Å². The summed E-state index contributed by atoms with van der Waals surface area (Å²) in [5.41, 5.74) is 5.18. The molecule has 9 heteroatoms. The Morgan fingerprint density at radius 2 is 1.74 bits per heavy atom. The first kappa shape index (κ1) is 27.1. The van der Waals surface area contributed by atoms with Crippen LogP contribution in [0.25, 0.3) is 5.69 Å². The quantitative estimate of drug-likeness (QED) is 0.281. The number of hydrogen-bond acceptors (Lipinski definition) is 4. The molecule has 1 unspecified atom stereocenters. The van der Waals surface area contributed by atoms with Gasteiger partial charge in [-0.05, 0) is 80.1 Å². The second kappa shape index (κ2) is 11.3. The number of sulfonamides is 1. The van der Waals surface area contributed by atoms with Crippen LogP contribution in [0.1, 0.15) is 71.0 Å². The Labute approximate surface area is 234 Å². The zero-order chi connectivity index (χ0) is 27.6. The third-order valence-electron chi connectivity index (χ3n) is 7.31. The largest absolute Gasteiger partial charge is 0.344 e.